The number of aryl methyl sites for hydroxylation is 1. The first-order chi connectivity index (χ1) is 10.5. The first kappa shape index (κ1) is 15.8. The summed E-state index contributed by atoms with van der Waals surface area (Å²) in [6.07, 6.45) is -0.100. The predicted molar refractivity (Wildman–Crippen MR) is 80.5 cm³/mol. The van der Waals surface area contributed by atoms with Gasteiger partial charge < -0.3 is 14.4 Å². The average molecular weight is 302 g/mol. The van der Waals surface area contributed by atoms with Gasteiger partial charge in [-0.1, -0.05) is 30.3 Å². The van der Waals surface area contributed by atoms with Gasteiger partial charge in [-0.25, -0.2) is 4.98 Å². The maximum atomic E-state index is 12.6. The molecule has 1 heterocycles. The molecule has 1 N–H and O–H groups in total. The van der Waals surface area contributed by atoms with Crippen LogP contribution in [0.15, 0.2) is 34.7 Å². The molecule has 6 heteroatoms. The molecule has 0 fully saturated rings. The van der Waals surface area contributed by atoms with Gasteiger partial charge in [0.1, 0.15) is 0 Å². The number of carboxylic acids is 1. The van der Waals surface area contributed by atoms with Gasteiger partial charge in [0.2, 0.25) is 0 Å². The highest BCUT2D eigenvalue weighted by Crippen LogP contribution is 2.25. The molecule has 0 spiro atoms. The lowest BCUT2D eigenvalue weighted by Gasteiger charge is -2.19. The van der Waals surface area contributed by atoms with Gasteiger partial charge in [0, 0.05) is 25.6 Å². The molecular weight excluding hydrogens is 284 g/mol. The topological polar surface area (TPSA) is 83.6 Å². The van der Waals surface area contributed by atoms with Crippen molar-refractivity contribution in [1.29, 1.82) is 0 Å². The van der Waals surface area contributed by atoms with Crippen LogP contribution < -0.4 is 0 Å². The molecule has 0 radical (unpaired) electrons. The second kappa shape index (κ2) is 6.89. The van der Waals surface area contributed by atoms with Crippen molar-refractivity contribution in [3.63, 3.8) is 0 Å². The van der Waals surface area contributed by atoms with Gasteiger partial charge in [-0.3, -0.25) is 9.59 Å². The highest BCUT2D eigenvalue weighted by Gasteiger charge is 2.24. The average Bonchev–Trinajstić information content (AvgIpc) is 2.90. The monoisotopic (exact) mass is 302 g/mol. The molecule has 116 valence electrons. The largest absolute Gasteiger partial charge is 0.481 e. The van der Waals surface area contributed by atoms with Crippen molar-refractivity contribution in [3.05, 3.63) is 41.9 Å². The van der Waals surface area contributed by atoms with E-state index in [1.54, 1.807) is 13.8 Å². The molecule has 22 heavy (non-hydrogen) atoms. The van der Waals surface area contributed by atoms with E-state index in [2.05, 4.69) is 4.98 Å². The summed E-state index contributed by atoms with van der Waals surface area (Å²) in [6.45, 7) is 4.03. The van der Waals surface area contributed by atoms with Gasteiger partial charge >= 0.3 is 5.97 Å². The van der Waals surface area contributed by atoms with E-state index in [4.69, 9.17) is 9.52 Å². The molecule has 2 aromatic rings. The van der Waals surface area contributed by atoms with E-state index in [0.29, 0.717) is 18.2 Å². The first-order valence-electron chi connectivity index (χ1n) is 7.06. The number of hydrogen-bond donors (Lipinski definition) is 1. The minimum absolute atomic E-state index is 0.100. The fourth-order valence-corrected chi connectivity index (χ4v) is 2.14. The number of rotatable bonds is 6. The molecule has 1 aromatic carbocycles. The minimum atomic E-state index is -0.939. The van der Waals surface area contributed by atoms with Crippen LogP contribution in [0.1, 0.15) is 29.7 Å². The lowest BCUT2D eigenvalue weighted by Crippen LogP contribution is -2.33. The fourth-order valence-electron chi connectivity index (χ4n) is 2.14. The van der Waals surface area contributed by atoms with Gasteiger partial charge in [0.15, 0.2) is 17.3 Å². The SMILES string of the molecule is CCN(CCC(=O)O)C(=O)c1nc(C)oc1-c1ccccc1. The van der Waals surface area contributed by atoms with Crippen molar-refractivity contribution in [2.24, 2.45) is 0 Å². The summed E-state index contributed by atoms with van der Waals surface area (Å²) in [5.74, 6) is -0.446. The zero-order valence-electron chi connectivity index (χ0n) is 12.6. The predicted octanol–water partition coefficient (Wildman–Crippen LogP) is 2.59. The van der Waals surface area contributed by atoms with Crippen LogP contribution in [0.5, 0.6) is 0 Å². The van der Waals surface area contributed by atoms with Crippen LogP contribution in [-0.2, 0) is 4.79 Å². The molecule has 0 saturated carbocycles. The van der Waals surface area contributed by atoms with E-state index in [-0.39, 0.29) is 24.6 Å². The van der Waals surface area contributed by atoms with Crippen LogP contribution >= 0.6 is 0 Å². The third kappa shape index (κ3) is 3.52. The molecule has 0 aliphatic carbocycles. The Hall–Kier alpha value is -2.63. The molecule has 0 aliphatic rings. The number of carbonyl (C=O) groups excluding carboxylic acids is 1. The second-order valence-corrected chi connectivity index (χ2v) is 4.81. The lowest BCUT2D eigenvalue weighted by molar-refractivity contribution is -0.137. The number of aromatic nitrogens is 1. The van der Waals surface area contributed by atoms with E-state index in [0.717, 1.165) is 5.56 Å². The summed E-state index contributed by atoms with van der Waals surface area (Å²) in [5.41, 5.74) is 0.983. The molecule has 0 unspecified atom stereocenters. The minimum Gasteiger partial charge on any atom is -0.481 e. The van der Waals surface area contributed by atoms with Gasteiger partial charge in [-0.2, -0.15) is 0 Å². The molecular formula is C16H18N2O4. The smallest absolute Gasteiger partial charge is 0.305 e. The molecule has 0 bridgehead atoms. The van der Waals surface area contributed by atoms with E-state index in [9.17, 15) is 9.59 Å². The Bertz CT molecular complexity index is 664. The summed E-state index contributed by atoms with van der Waals surface area (Å²) >= 11 is 0. The van der Waals surface area contributed by atoms with Gasteiger partial charge in [0.05, 0.1) is 6.42 Å². The Morgan fingerprint density at radius 3 is 2.55 bits per heavy atom. The van der Waals surface area contributed by atoms with Crippen molar-refractivity contribution < 1.29 is 19.1 Å². The van der Waals surface area contributed by atoms with Crippen LogP contribution in [0, 0.1) is 6.92 Å². The molecule has 0 saturated heterocycles. The van der Waals surface area contributed by atoms with Crippen LogP contribution in [0.2, 0.25) is 0 Å². The van der Waals surface area contributed by atoms with Crippen LogP contribution in [0.25, 0.3) is 11.3 Å². The number of carbonyl (C=O) groups is 2. The second-order valence-electron chi connectivity index (χ2n) is 4.81. The summed E-state index contributed by atoms with van der Waals surface area (Å²) in [7, 11) is 0. The number of oxazole rings is 1. The first-order valence-corrected chi connectivity index (χ1v) is 7.06. The van der Waals surface area contributed by atoms with Crippen molar-refractivity contribution in [2.45, 2.75) is 20.3 Å². The van der Waals surface area contributed by atoms with E-state index in [1.807, 2.05) is 30.3 Å². The van der Waals surface area contributed by atoms with Crippen molar-refractivity contribution in [2.75, 3.05) is 13.1 Å². The quantitative estimate of drug-likeness (QED) is 0.886. The van der Waals surface area contributed by atoms with Crippen LogP contribution in [-0.4, -0.2) is 40.0 Å². The Labute approximate surface area is 128 Å². The number of carboxylic acid groups (broad SMARTS) is 1. The highest BCUT2D eigenvalue weighted by molar-refractivity contribution is 5.97. The van der Waals surface area contributed by atoms with Crippen molar-refractivity contribution in [3.8, 4) is 11.3 Å². The highest BCUT2D eigenvalue weighted by atomic mass is 16.4. The van der Waals surface area contributed by atoms with E-state index in [1.165, 1.54) is 4.90 Å². The molecule has 1 aromatic heterocycles. The Balaban J connectivity index is 2.31. The number of benzene rings is 1. The summed E-state index contributed by atoms with van der Waals surface area (Å²) in [6, 6.07) is 9.25. The Morgan fingerprint density at radius 1 is 1.27 bits per heavy atom. The maximum absolute atomic E-state index is 12.6. The molecule has 2 rings (SSSR count). The van der Waals surface area contributed by atoms with Gasteiger partial charge in [-0.15, -0.1) is 0 Å². The fraction of sp³-hybridized carbons (Fsp3) is 0.312. The number of amides is 1. The van der Waals surface area contributed by atoms with Crippen molar-refractivity contribution in [1.82, 2.24) is 9.88 Å². The van der Waals surface area contributed by atoms with Gasteiger partial charge in [0.25, 0.3) is 5.91 Å². The summed E-state index contributed by atoms with van der Waals surface area (Å²) < 4.78 is 5.57. The molecule has 1 amide bonds. The summed E-state index contributed by atoms with van der Waals surface area (Å²) in [5, 5.41) is 8.77. The van der Waals surface area contributed by atoms with E-state index >= 15 is 0 Å². The van der Waals surface area contributed by atoms with Crippen molar-refractivity contribution >= 4 is 11.9 Å². The molecule has 0 atom stereocenters. The van der Waals surface area contributed by atoms with Crippen LogP contribution in [0.4, 0.5) is 0 Å². The Kier molecular flexibility index (Phi) is 4.93. The number of nitrogens with zero attached hydrogens (tertiary/aromatic N) is 2. The number of aliphatic carboxylic acids is 1. The normalized spacial score (nSPS) is 10.5. The summed E-state index contributed by atoms with van der Waals surface area (Å²) in [4.78, 5) is 28.9. The van der Waals surface area contributed by atoms with Crippen LogP contribution in [0.3, 0.4) is 0 Å². The lowest BCUT2D eigenvalue weighted by atomic mass is 10.1. The zero-order chi connectivity index (χ0) is 16.1. The van der Waals surface area contributed by atoms with E-state index < -0.39 is 5.97 Å². The van der Waals surface area contributed by atoms with Gasteiger partial charge in [-0.05, 0) is 6.92 Å². The number of hydrogen-bond acceptors (Lipinski definition) is 4. The third-order valence-electron chi connectivity index (χ3n) is 3.24. The Morgan fingerprint density at radius 2 is 1.95 bits per heavy atom. The third-order valence-corrected chi connectivity index (χ3v) is 3.24. The standard InChI is InChI=1S/C16H18N2O4/c1-3-18(10-9-13(19)20)16(21)14-15(22-11(2)17-14)12-7-5-4-6-8-12/h4-8H,3,9-10H2,1-2H3,(H,19,20). The maximum Gasteiger partial charge on any atom is 0.305 e. The molecule has 6 nitrogen and oxygen atoms in total. The zero-order valence-corrected chi connectivity index (χ0v) is 12.6. The molecule has 0 aliphatic heterocycles.